The third-order valence-corrected chi connectivity index (χ3v) is 17.4. The molecule has 24 heteroatoms. The molecule has 0 bridgehead atoms. The molecule has 4 heterocycles. The smallest absolute Gasteiger partial charge is 0.404 e. The van der Waals surface area contributed by atoms with Crippen LogP contribution in [0.15, 0.2) is 52.6 Å². The summed E-state index contributed by atoms with van der Waals surface area (Å²) >= 11 is 0. The number of nitrogens with zero attached hydrogens (tertiary/aromatic N) is 6. The Bertz CT molecular complexity index is 2710. The van der Waals surface area contributed by atoms with Gasteiger partial charge in [-0.25, -0.2) is 14.5 Å². The van der Waals surface area contributed by atoms with E-state index < -0.39 is 32.7 Å². The molecule has 5 aromatic rings. The number of nitrogens with one attached hydrogen (secondary N) is 2. The van der Waals surface area contributed by atoms with Crippen LogP contribution in [0.1, 0.15) is 219 Å². The summed E-state index contributed by atoms with van der Waals surface area (Å²) in [4.78, 5) is 54.8. The number of aromatic amines is 2. The molecule has 4 aromatic heterocycles. The van der Waals surface area contributed by atoms with Crippen molar-refractivity contribution in [3.63, 3.8) is 0 Å². The summed E-state index contributed by atoms with van der Waals surface area (Å²) < 4.78 is 67.7. The lowest BCUT2D eigenvalue weighted by Gasteiger charge is -2.19. The first kappa shape index (κ1) is 74.0. The number of unbranched alkanes of at least 4 members (excludes halogenated alkanes) is 30. The predicted molar refractivity (Wildman–Crippen MR) is 344 cm³/mol. The lowest BCUT2D eigenvalue weighted by Crippen LogP contribution is -2.14. The number of fused-ring (bicyclic) bond motifs is 2. The van der Waals surface area contributed by atoms with Gasteiger partial charge in [0.05, 0.1) is 52.3 Å². The topological polar surface area (TPSA) is 298 Å². The van der Waals surface area contributed by atoms with Gasteiger partial charge in [-0.2, -0.15) is 9.97 Å². The zero-order valence-corrected chi connectivity index (χ0v) is 54.1. The van der Waals surface area contributed by atoms with Gasteiger partial charge in [0, 0.05) is 26.3 Å². The first-order valence-electron chi connectivity index (χ1n) is 32.6. The van der Waals surface area contributed by atoms with Gasteiger partial charge in [-0.05, 0) is 25.0 Å². The number of hydrogen-bond acceptors (Lipinski definition) is 17. The van der Waals surface area contributed by atoms with E-state index in [1.807, 2.05) is 6.07 Å². The molecule has 0 radical (unpaired) electrons. The summed E-state index contributed by atoms with van der Waals surface area (Å²) in [5, 5.41) is 0. The average molecular weight is 1250 g/mol. The number of benzene rings is 1. The molecule has 5 rings (SSSR count). The van der Waals surface area contributed by atoms with Gasteiger partial charge in [0.15, 0.2) is 28.7 Å². The summed E-state index contributed by atoms with van der Waals surface area (Å²) in [7, 11) is -7.50. The third-order valence-electron chi connectivity index (χ3n) is 14.8. The van der Waals surface area contributed by atoms with Crippen molar-refractivity contribution in [1.29, 1.82) is 0 Å². The van der Waals surface area contributed by atoms with Gasteiger partial charge in [0.1, 0.15) is 12.1 Å². The van der Waals surface area contributed by atoms with E-state index in [0.717, 1.165) is 25.7 Å². The molecule has 22 nitrogen and oxygen atoms in total. The molecule has 0 spiro atoms. The second kappa shape index (κ2) is 46.6. The van der Waals surface area contributed by atoms with Crippen LogP contribution in [-0.2, 0) is 50.2 Å². The van der Waals surface area contributed by atoms with Crippen LogP contribution < -0.4 is 27.1 Å². The Balaban J connectivity index is 0.000000372. The van der Waals surface area contributed by atoms with Gasteiger partial charge in [0.2, 0.25) is 11.9 Å². The first-order valence-corrected chi connectivity index (χ1v) is 36.1. The maximum atomic E-state index is 13.5. The van der Waals surface area contributed by atoms with Crippen LogP contribution in [0.5, 0.6) is 5.75 Å². The SMILES string of the molecule is CCCCCCCCCCCCCCCCCCOCCOP(=O)(COCCn1cnc2c(=O)[nH]c(N)nc21)Oc1ccccc1.CCCCCCCCCCCCCCCCCCOCCOP(=O)(O)COCCn1cnc2c(=O)[nH]c(N)nc21. The Morgan fingerprint density at radius 2 is 0.814 bits per heavy atom. The number of rotatable bonds is 54. The zero-order valence-electron chi connectivity index (χ0n) is 52.3. The molecule has 0 aliphatic heterocycles. The van der Waals surface area contributed by atoms with Crippen LogP contribution in [0.2, 0.25) is 0 Å². The minimum absolute atomic E-state index is 0.00589. The molecule has 0 aliphatic carbocycles. The van der Waals surface area contributed by atoms with E-state index in [-0.39, 0.29) is 68.9 Å². The van der Waals surface area contributed by atoms with Crippen molar-refractivity contribution in [3.05, 3.63) is 63.7 Å². The molecule has 0 amide bonds. The molecule has 0 aliphatic rings. The molecular weight excluding hydrogens is 1140 g/mol. The van der Waals surface area contributed by atoms with Crippen molar-refractivity contribution >= 4 is 49.4 Å². The van der Waals surface area contributed by atoms with Crippen molar-refractivity contribution in [3.8, 4) is 5.75 Å². The van der Waals surface area contributed by atoms with Crippen molar-refractivity contribution in [2.45, 2.75) is 232 Å². The fourth-order valence-electron chi connectivity index (χ4n) is 9.90. The van der Waals surface area contributed by atoms with Crippen LogP contribution in [0.4, 0.5) is 11.9 Å². The molecule has 488 valence electrons. The summed E-state index contributed by atoms with van der Waals surface area (Å²) in [6.45, 7) is 7.48. The molecule has 2 atom stereocenters. The zero-order chi connectivity index (χ0) is 61.6. The Labute approximate surface area is 511 Å². The van der Waals surface area contributed by atoms with E-state index in [2.05, 4.69) is 43.8 Å². The summed E-state index contributed by atoms with van der Waals surface area (Å²) in [5.74, 6) is 0.430. The molecule has 0 saturated heterocycles. The van der Waals surface area contributed by atoms with Crippen LogP contribution in [0.3, 0.4) is 0 Å². The number of H-pyrrole nitrogens is 2. The van der Waals surface area contributed by atoms with Crippen LogP contribution >= 0.6 is 15.2 Å². The van der Waals surface area contributed by atoms with E-state index in [4.69, 9.17) is 44.0 Å². The van der Waals surface area contributed by atoms with Crippen LogP contribution in [-0.4, -0.2) is 109 Å². The number of nitrogens with two attached hydrogens (primary N) is 2. The lowest BCUT2D eigenvalue weighted by molar-refractivity contribution is 0.0841. The summed E-state index contributed by atoms with van der Waals surface area (Å²) in [6, 6.07) is 8.88. The minimum Gasteiger partial charge on any atom is -0.423 e. The molecule has 0 fully saturated rings. The van der Waals surface area contributed by atoms with E-state index >= 15 is 0 Å². The largest absolute Gasteiger partial charge is 0.423 e. The Hall–Kier alpha value is -4.50. The van der Waals surface area contributed by atoms with Crippen LogP contribution in [0, 0.1) is 0 Å². The van der Waals surface area contributed by atoms with E-state index in [9.17, 15) is 23.6 Å². The molecular formula is C62H108N10O12P2. The second-order valence-corrected chi connectivity index (χ2v) is 26.1. The highest BCUT2D eigenvalue weighted by molar-refractivity contribution is 7.54. The molecule has 0 saturated carbocycles. The standard InChI is InChI=1S/C34H56N5O6P.C28H52N5O6P/c1-2-3-4-5-6-7-8-9-10-11-12-13-14-15-16-20-24-42-26-27-44-46(41,45-30-21-18-17-19-22-30)29-43-25-23-39-28-36-31-32(39)37-34(35)38-33(31)40;1-2-3-4-5-6-7-8-9-10-11-12-13-14-15-16-17-19-37-21-22-39-40(35,36)24-38-20-18-33-23-30-25-26(33)31-28(29)32-27(25)34/h17-19,21-22,28H,2-16,20,23-27,29H2,1H3,(H3,35,37,38,40);23H,2-22,24H2,1H3,(H,35,36)(H3,29,31,32,34). The average Bonchev–Trinajstić information content (AvgIpc) is 2.15. The van der Waals surface area contributed by atoms with Crippen LogP contribution in [0.25, 0.3) is 22.3 Å². The Morgan fingerprint density at radius 3 is 1.21 bits per heavy atom. The predicted octanol–water partition coefficient (Wildman–Crippen LogP) is 14.4. The maximum Gasteiger partial charge on any atom is 0.404 e. The van der Waals surface area contributed by atoms with Crippen molar-refractivity contribution in [1.82, 2.24) is 39.0 Å². The summed E-state index contributed by atoms with van der Waals surface area (Å²) in [5.41, 5.74) is 11.4. The number of nitrogen functional groups attached to an aromatic ring is 2. The van der Waals surface area contributed by atoms with Gasteiger partial charge in [-0.3, -0.25) is 28.6 Å². The highest BCUT2D eigenvalue weighted by atomic mass is 31.2. The van der Waals surface area contributed by atoms with Gasteiger partial charge >= 0.3 is 15.2 Å². The maximum absolute atomic E-state index is 13.5. The molecule has 7 N–H and O–H groups in total. The van der Waals surface area contributed by atoms with Crippen molar-refractivity contribution in [2.75, 3.05) is 77.0 Å². The number of aromatic nitrogens is 8. The molecule has 86 heavy (non-hydrogen) atoms. The van der Waals surface area contributed by atoms with Gasteiger partial charge < -0.3 is 53.5 Å². The highest BCUT2D eigenvalue weighted by Gasteiger charge is 2.27. The normalized spacial score (nSPS) is 13.1. The molecule has 2 unspecified atom stereocenters. The highest BCUT2D eigenvalue weighted by Crippen LogP contribution is 2.48. The lowest BCUT2D eigenvalue weighted by atomic mass is 10.0. The van der Waals surface area contributed by atoms with E-state index in [1.165, 1.54) is 192 Å². The Kier molecular flexibility index (Phi) is 40.1. The monoisotopic (exact) mass is 1250 g/mol. The fourth-order valence-corrected chi connectivity index (χ4v) is 12.0. The van der Waals surface area contributed by atoms with Crippen molar-refractivity contribution < 1.29 is 46.5 Å². The number of para-hydroxylation sites is 1. The number of imidazole rings is 2. The third kappa shape index (κ3) is 33.7. The van der Waals surface area contributed by atoms with Gasteiger partial charge in [-0.15, -0.1) is 0 Å². The number of ether oxygens (including phenoxy) is 4. The Morgan fingerprint density at radius 1 is 0.453 bits per heavy atom. The second-order valence-electron chi connectivity index (χ2n) is 22.3. The van der Waals surface area contributed by atoms with Gasteiger partial charge in [0.25, 0.3) is 11.1 Å². The quantitative estimate of drug-likeness (QED) is 0.0178. The van der Waals surface area contributed by atoms with E-state index in [1.54, 1.807) is 33.4 Å². The van der Waals surface area contributed by atoms with Crippen molar-refractivity contribution in [2.24, 2.45) is 0 Å². The summed E-state index contributed by atoms with van der Waals surface area (Å²) in [6.07, 6.45) is 44.9. The molecule has 1 aromatic carbocycles. The first-order chi connectivity index (χ1) is 41.9. The number of anilines is 2. The number of hydrogen-bond donors (Lipinski definition) is 5. The van der Waals surface area contributed by atoms with E-state index in [0.29, 0.717) is 43.4 Å². The minimum atomic E-state index is -3.87. The van der Waals surface area contributed by atoms with Gasteiger partial charge in [-0.1, -0.05) is 225 Å². The fraction of sp³-hybridized carbons (Fsp3) is 0.742.